The van der Waals surface area contributed by atoms with E-state index in [2.05, 4.69) is 70.2 Å². The lowest BCUT2D eigenvalue weighted by Crippen LogP contribution is -2.46. The van der Waals surface area contributed by atoms with Crippen molar-refractivity contribution in [2.45, 2.75) is 31.3 Å². The molecule has 0 amide bonds. The fourth-order valence-electron chi connectivity index (χ4n) is 4.00. The standard InChI is InChI=1S/C24H25N3O/c1-2-7-24-19(5-1)12-22(27-24)11-17-4-3-6-18(10-17)20-13-23(15-25-14-20)28-16-21-8-9-26-21/h1-7,10,13-15,21-22,26-27H,8-9,11-12,16H2/t21-,22?/m0/s1. The summed E-state index contributed by atoms with van der Waals surface area (Å²) in [5.41, 5.74) is 6.32. The molecule has 2 N–H and O–H groups in total. The van der Waals surface area contributed by atoms with Gasteiger partial charge in [0, 0.05) is 29.5 Å². The number of hydrogen-bond donors (Lipinski definition) is 2. The van der Waals surface area contributed by atoms with Crippen LogP contribution in [0.3, 0.4) is 0 Å². The number of rotatable bonds is 6. The average Bonchev–Trinajstić information content (AvgIpc) is 3.09. The zero-order chi connectivity index (χ0) is 18.8. The second-order valence-corrected chi connectivity index (χ2v) is 7.77. The average molecular weight is 371 g/mol. The second-order valence-electron chi connectivity index (χ2n) is 7.77. The SMILES string of the molecule is c1cc(CC2Cc3ccccc3N2)cc(-c2cncc(OC[C@@H]3CCN3)c2)c1. The molecule has 0 bridgehead atoms. The first kappa shape index (κ1) is 17.3. The quantitative estimate of drug-likeness (QED) is 0.686. The number of ether oxygens (including phenoxy) is 1. The third-order valence-electron chi connectivity index (χ3n) is 5.68. The van der Waals surface area contributed by atoms with Crippen molar-refractivity contribution in [3.63, 3.8) is 0 Å². The molecule has 3 aromatic rings. The molecule has 28 heavy (non-hydrogen) atoms. The van der Waals surface area contributed by atoms with Gasteiger partial charge in [0.2, 0.25) is 0 Å². The van der Waals surface area contributed by atoms with Gasteiger partial charge in [-0.15, -0.1) is 0 Å². The van der Waals surface area contributed by atoms with E-state index in [-0.39, 0.29) is 0 Å². The number of hydrogen-bond acceptors (Lipinski definition) is 4. The van der Waals surface area contributed by atoms with Crippen LogP contribution >= 0.6 is 0 Å². The Morgan fingerprint density at radius 1 is 0.964 bits per heavy atom. The van der Waals surface area contributed by atoms with Crippen LogP contribution in [-0.4, -0.2) is 30.2 Å². The lowest BCUT2D eigenvalue weighted by molar-refractivity contribution is 0.217. The number of pyridine rings is 1. The van der Waals surface area contributed by atoms with Gasteiger partial charge < -0.3 is 15.4 Å². The summed E-state index contributed by atoms with van der Waals surface area (Å²) in [4.78, 5) is 4.39. The Bertz CT molecular complexity index is 942. The maximum atomic E-state index is 5.91. The van der Waals surface area contributed by atoms with Gasteiger partial charge >= 0.3 is 0 Å². The van der Waals surface area contributed by atoms with Crippen molar-refractivity contribution in [1.29, 1.82) is 0 Å². The number of benzene rings is 2. The molecule has 4 heteroatoms. The van der Waals surface area contributed by atoms with Crippen LogP contribution in [-0.2, 0) is 12.8 Å². The van der Waals surface area contributed by atoms with Crippen LogP contribution in [0, 0.1) is 0 Å². The summed E-state index contributed by atoms with van der Waals surface area (Å²) in [6, 6.07) is 20.4. The normalized spacial score (nSPS) is 20.1. The Balaban J connectivity index is 1.28. The van der Waals surface area contributed by atoms with Crippen LogP contribution in [0.2, 0.25) is 0 Å². The molecule has 0 radical (unpaired) electrons. The summed E-state index contributed by atoms with van der Waals surface area (Å²) >= 11 is 0. The molecule has 1 fully saturated rings. The zero-order valence-electron chi connectivity index (χ0n) is 15.9. The fourth-order valence-corrected chi connectivity index (χ4v) is 4.00. The minimum Gasteiger partial charge on any atom is -0.490 e. The second kappa shape index (κ2) is 7.64. The van der Waals surface area contributed by atoms with Crippen molar-refractivity contribution in [2.24, 2.45) is 0 Å². The number of anilines is 1. The molecule has 2 aromatic carbocycles. The Morgan fingerprint density at radius 3 is 2.75 bits per heavy atom. The molecule has 2 atom stereocenters. The monoisotopic (exact) mass is 371 g/mol. The van der Waals surface area contributed by atoms with E-state index in [0.717, 1.165) is 30.7 Å². The first-order chi connectivity index (χ1) is 13.8. The first-order valence-corrected chi connectivity index (χ1v) is 10.1. The largest absolute Gasteiger partial charge is 0.490 e. The van der Waals surface area contributed by atoms with Crippen molar-refractivity contribution in [1.82, 2.24) is 10.3 Å². The van der Waals surface area contributed by atoms with Gasteiger partial charge in [0.05, 0.1) is 6.20 Å². The van der Waals surface area contributed by atoms with Crippen LogP contribution in [0.25, 0.3) is 11.1 Å². The maximum Gasteiger partial charge on any atom is 0.138 e. The highest BCUT2D eigenvalue weighted by Crippen LogP contribution is 2.28. The summed E-state index contributed by atoms with van der Waals surface area (Å²) in [6.07, 6.45) is 7.00. The molecule has 4 nitrogen and oxygen atoms in total. The molecule has 2 aliphatic heterocycles. The third kappa shape index (κ3) is 3.73. The van der Waals surface area contributed by atoms with Gasteiger partial charge in [0.15, 0.2) is 0 Å². The molecule has 5 rings (SSSR count). The van der Waals surface area contributed by atoms with Crippen LogP contribution in [0.1, 0.15) is 17.5 Å². The maximum absolute atomic E-state index is 5.91. The van der Waals surface area contributed by atoms with E-state index in [1.807, 2.05) is 6.20 Å². The van der Waals surface area contributed by atoms with Crippen molar-refractivity contribution in [3.8, 4) is 16.9 Å². The summed E-state index contributed by atoms with van der Waals surface area (Å²) in [6.45, 7) is 1.80. The lowest BCUT2D eigenvalue weighted by Gasteiger charge is -2.27. The van der Waals surface area contributed by atoms with Crippen LogP contribution < -0.4 is 15.4 Å². The number of nitrogens with one attached hydrogen (secondary N) is 2. The molecule has 1 unspecified atom stereocenters. The smallest absolute Gasteiger partial charge is 0.138 e. The van der Waals surface area contributed by atoms with Crippen LogP contribution in [0.15, 0.2) is 67.0 Å². The van der Waals surface area contributed by atoms with Crippen molar-refractivity contribution in [3.05, 3.63) is 78.1 Å². The highest BCUT2D eigenvalue weighted by atomic mass is 16.5. The molecule has 1 aromatic heterocycles. The van der Waals surface area contributed by atoms with E-state index in [1.54, 1.807) is 6.20 Å². The first-order valence-electron chi connectivity index (χ1n) is 10.1. The molecule has 0 aliphatic carbocycles. The van der Waals surface area contributed by atoms with Gasteiger partial charge in [-0.2, -0.15) is 0 Å². The van der Waals surface area contributed by atoms with Gasteiger partial charge in [-0.3, -0.25) is 4.98 Å². The Morgan fingerprint density at radius 2 is 1.89 bits per heavy atom. The Labute approximate surface area is 166 Å². The highest BCUT2D eigenvalue weighted by molar-refractivity contribution is 5.65. The van der Waals surface area contributed by atoms with Crippen LogP contribution in [0.4, 0.5) is 5.69 Å². The Hall–Kier alpha value is -2.85. The predicted molar refractivity (Wildman–Crippen MR) is 113 cm³/mol. The number of nitrogens with zero attached hydrogens (tertiary/aromatic N) is 1. The predicted octanol–water partition coefficient (Wildman–Crippen LogP) is 4.07. The van der Waals surface area contributed by atoms with E-state index in [1.165, 1.54) is 28.8 Å². The van der Waals surface area contributed by atoms with Crippen LogP contribution in [0.5, 0.6) is 5.75 Å². The minimum atomic E-state index is 0.454. The number of aromatic nitrogens is 1. The molecule has 3 heterocycles. The molecule has 0 saturated carbocycles. The molecular formula is C24H25N3O. The summed E-state index contributed by atoms with van der Waals surface area (Å²) in [5.74, 6) is 0.838. The topological polar surface area (TPSA) is 46.2 Å². The molecule has 1 saturated heterocycles. The minimum absolute atomic E-state index is 0.454. The van der Waals surface area contributed by atoms with Crippen molar-refractivity contribution >= 4 is 5.69 Å². The summed E-state index contributed by atoms with van der Waals surface area (Å²) in [5, 5.41) is 7.01. The Kier molecular flexibility index (Phi) is 4.71. The summed E-state index contributed by atoms with van der Waals surface area (Å²) < 4.78 is 5.91. The van der Waals surface area contributed by atoms with E-state index < -0.39 is 0 Å². The van der Waals surface area contributed by atoms with E-state index >= 15 is 0 Å². The summed E-state index contributed by atoms with van der Waals surface area (Å²) in [7, 11) is 0. The molecular weight excluding hydrogens is 346 g/mol. The van der Waals surface area contributed by atoms with Gasteiger partial charge in [-0.05, 0) is 54.6 Å². The van der Waals surface area contributed by atoms with E-state index in [0.29, 0.717) is 18.7 Å². The molecule has 2 aliphatic rings. The third-order valence-corrected chi connectivity index (χ3v) is 5.68. The van der Waals surface area contributed by atoms with E-state index in [4.69, 9.17) is 4.74 Å². The highest BCUT2D eigenvalue weighted by Gasteiger charge is 2.20. The van der Waals surface area contributed by atoms with Crippen molar-refractivity contribution in [2.75, 3.05) is 18.5 Å². The lowest BCUT2D eigenvalue weighted by atomic mass is 9.99. The van der Waals surface area contributed by atoms with Crippen molar-refractivity contribution < 1.29 is 4.74 Å². The van der Waals surface area contributed by atoms with E-state index in [9.17, 15) is 0 Å². The van der Waals surface area contributed by atoms with Gasteiger partial charge in [0.25, 0.3) is 0 Å². The fraction of sp³-hybridized carbons (Fsp3) is 0.292. The number of fused-ring (bicyclic) bond motifs is 1. The van der Waals surface area contributed by atoms with Gasteiger partial charge in [-0.25, -0.2) is 0 Å². The molecule has 0 spiro atoms. The number of para-hydroxylation sites is 1. The zero-order valence-corrected chi connectivity index (χ0v) is 15.9. The van der Waals surface area contributed by atoms with Gasteiger partial charge in [0.1, 0.15) is 12.4 Å². The molecule has 142 valence electrons. The van der Waals surface area contributed by atoms with Gasteiger partial charge in [-0.1, -0.05) is 42.5 Å².